The van der Waals surface area contributed by atoms with E-state index in [-0.39, 0.29) is 23.4 Å². The number of esters is 2. The largest absolute Gasteiger partial charge is 0.465 e. The van der Waals surface area contributed by atoms with Crippen molar-refractivity contribution in [3.63, 3.8) is 0 Å². The van der Waals surface area contributed by atoms with E-state index in [9.17, 15) is 14.4 Å². The molecule has 0 atom stereocenters. The van der Waals surface area contributed by atoms with Crippen LogP contribution < -0.4 is 11.1 Å². The quantitative estimate of drug-likeness (QED) is 0.751. The minimum atomic E-state index is -0.635. The molecule has 7 nitrogen and oxygen atoms in total. The summed E-state index contributed by atoms with van der Waals surface area (Å²) in [7, 11) is 2.44. The maximum absolute atomic E-state index is 11.5. The van der Waals surface area contributed by atoms with Gasteiger partial charge in [-0.1, -0.05) is 0 Å². The number of benzene rings is 1. The van der Waals surface area contributed by atoms with Crippen LogP contribution in [0, 0.1) is 0 Å². The lowest BCUT2D eigenvalue weighted by atomic mass is 10.1. The third kappa shape index (κ3) is 3.52. The van der Waals surface area contributed by atoms with E-state index < -0.39 is 17.8 Å². The normalized spacial score (nSPS) is 9.63. The fourth-order valence-corrected chi connectivity index (χ4v) is 1.38. The average molecular weight is 266 g/mol. The molecule has 0 aliphatic heterocycles. The van der Waals surface area contributed by atoms with Gasteiger partial charge in [0.1, 0.15) is 0 Å². The fraction of sp³-hybridized carbons (Fsp3) is 0.250. The number of amides is 1. The molecule has 3 N–H and O–H groups in total. The molecule has 7 heteroatoms. The van der Waals surface area contributed by atoms with Crippen molar-refractivity contribution in [3.05, 3.63) is 29.3 Å². The SMILES string of the molecule is COC(=O)c1ccc(C(=O)OC)c(NC(=O)CN)c1. The monoisotopic (exact) mass is 266 g/mol. The van der Waals surface area contributed by atoms with Crippen molar-refractivity contribution in [3.8, 4) is 0 Å². The molecule has 0 unspecified atom stereocenters. The highest BCUT2D eigenvalue weighted by Crippen LogP contribution is 2.19. The highest BCUT2D eigenvalue weighted by Gasteiger charge is 2.16. The number of rotatable bonds is 4. The Bertz CT molecular complexity index is 513. The van der Waals surface area contributed by atoms with Crippen LogP contribution in [0.4, 0.5) is 5.69 Å². The van der Waals surface area contributed by atoms with Crippen LogP contribution >= 0.6 is 0 Å². The first kappa shape index (κ1) is 14.7. The number of ether oxygens (including phenoxy) is 2. The van der Waals surface area contributed by atoms with Gasteiger partial charge in [0.05, 0.1) is 37.6 Å². The third-order valence-corrected chi connectivity index (χ3v) is 2.31. The predicted molar refractivity (Wildman–Crippen MR) is 66.8 cm³/mol. The van der Waals surface area contributed by atoms with E-state index in [0.717, 1.165) is 0 Å². The number of hydrogen-bond donors (Lipinski definition) is 2. The highest BCUT2D eigenvalue weighted by atomic mass is 16.5. The molecule has 0 heterocycles. The molecule has 0 radical (unpaired) electrons. The molecular formula is C12H14N2O5. The van der Waals surface area contributed by atoms with Crippen LogP contribution in [0.5, 0.6) is 0 Å². The first-order valence-electron chi connectivity index (χ1n) is 5.34. The standard InChI is InChI=1S/C12H14N2O5/c1-18-11(16)7-3-4-8(12(17)19-2)9(5-7)14-10(15)6-13/h3-5H,6,13H2,1-2H3,(H,14,15). The minimum absolute atomic E-state index is 0.122. The zero-order valence-electron chi connectivity index (χ0n) is 10.6. The van der Waals surface area contributed by atoms with Gasteiger partial charge in [-0.15, -0.1) is 0 Å². The summed E-state index contributed by atoms with van der Waals surface area (Å²) >= 11 is 0. The Labute approximate surface area is 109 Å². The lowest BCUT2D eigenvalue weighted by Crippen LogP contribution is -2.23. The number of nitrogens with one attached hydrogen (secondary N) is 1. The van der Waals surface area contributed by atoms with E-state index in [1.807, 2.05) is 0 Å². The van der Waals surface area contributed by atoms with Crippen LogP contribution in [0.3, 0.4) is 0 Å². The molecule has 0 saturated carbocycles. The van der Waals surface area contributed by atoms with E-state index in [2.05, 4.69) is 14.8 Å². The zero-order chi connectivity index (χ0) is 14.4. The second-order valence-electron chi connectivity index (χ2n) is 3.50. The second kappa shape index (κ2) is 6.50. The van der Waals surface area contributed by atoms with Crippen molar-refractivity contribution < 1.29 is 23.9 Å². The first-order valence-corrected chi connectivity index (χ1v) is 5.34. The molecule has 1 aromatic rings. The lowest BCUT2D eigenvalue weighted by molar-refractivity contribution is -0.114. The van der Waals surface area contributed by atoms with Gasteiger partial charge in [-0.3, -0.25) is 4.79 Å². The highest BCUT2D eigenvalue weighted by molar-refractivity contribution is 6.03. The van der Waals surface area contributed by atoms with Crippen LogP contribution in [0.1, 0.15) is 20.7 Å². The molecule has 0 saturated heterocycles. The van der Waals surface area contributed by atoms with Crippen molar-refractivity contribution in [1.82, 2.24) is 0 Å². The van der Waals surface area contributed by atoms with Gasteiger partial charge in [0.15, 0.2) is 0 Å². The smallest absolute Gasteiger partial charge is 0.339 e. The van der Waals surface area contributed by atoms with Crippen molar-refractivity contribution in [2.45, 2.75) is 0 Å². The van der Waals surface area contributed by atoms with Gasteiger partial charge in [-0.25, -0.2) is 9.59 Å². The van der Waals surface area contributed by atoms with Crippen molar-refractivity contribution >= 4 is 23.5 Å². The zero-order valence-corrected chi connectivity index (χ0v) is 10.6. The summed E-state index contributed by atoms with van der Waals surface area (Å²) in [6.45, 7) is -0.247. The topological polar surface area (TPSA) is 108 Å². The summed E-state index contributed by atoms with van der Waals surface area (Å²) in [6.07, 6.45) is 0. The molecule has 0 spiro atoms. The summed E-state index contributed by atoms with van der Waals surface area (Å²) < 4.78 is 9.14. The van der Waals surface area contributed by atoms with Crippen molar-refractivity contribution in [1.29, 1.82) is 0 Å². The molecule has 0 bridgehead atoms. The second-order valence-corrected chi connectivity index (χ2v) is 3.50. The number of carbonyl (C=O) groups is 3. The minimum Gasteiger partial charge on any atom is -0.465 e. The maximum Gasteiger partial charge on any atom is 0.339 e. The summed E-state index contributed by atoms with van der Waals surface area (Å²) in [5, 5.41) is 2.42. The van der Waals surface area contributed by atoms with Gasteiger partial charge < -0.3 is 20.5 Å². The molecule has 1 rings (SSSR count). The van der Waals surface area contributed by atoms with Gasteiger partial charge >= 0.3 is 11.9 Å². The third-order valence-electron chi connectivity index (χ3n) is 2.31. The van der Waals surface area contributed by atoms with E-state index in [1.165, 1.54) is 32.4 Å². The fourth-order valence-electron chi connectivity index (χ4n) is 1.38. The summed E-state index contributed by atoms with van der Waals surface area (Å²) in [4.78, 5) is 34.2. The Morgan fingerprint density at radius 2 is 1.79 bits per heavy atom. The molecular weight excluding hydrogens is 252 g/mol. The van der Waals surface area contributed by atoms with Crippen LogP contribution in [-0.2, 0) is 14.3 Å². The maximum atomic E-state index is 11.5. The molecule has 19 heavy (non-hydrogen) atoms. The van der Waals surface area contributed by atoms with Gasteiger partial charge in [-0.05, 0) is 18.2 Å². The Hall–Kier alpha value is -2.41. The van der Waals surface area contributed by atoms with Crippen molar-refractivity contribution in [2.24, 2.45) is 5.73 Å². The number of hydrogen-bond acceptors (Lipinski definition) is 6. The lowest BCUT2D eigenvalue weighted by Gasteiger charge is -2.10. The van der Waals surface area contributed by atoms with Crippen LogP contribution in [0.15, 0.2) is 18.2 Å². The molecule has 0 aliphatic carbocycles. The molecule has 0 fully saturated rings. The average Bonchev–Trinajstić information content (AvgIpc) is 2.45. The van der Waals surface area contributed by atoms with E-state index >= 15 is 0 Å². The Morgan fingerprint density at radius 1 is 1.16 bits per heavy atom. The van der Waals surface area contributed by atoms with Gasteiger partial charge in [0.2, 0.25) is 5.91 Å². The molecule has 1 aromatic carbocycles. The van der Waals surface area contributed by atoms with Crippen LogP contribution in [-0.4, -0.2) is 38.6 Å². The van der Waals surface area contributed by atoms with Gasteiger partial charge in [0.25, 0.3) is 0 Å². The number of nitrogens with two attached hydrogens (primary N) is 1. The number of methoxy groups -OCH3 is 2. The van der Waals surface area contributed by atoms with E-state index in [0.29, 0.717) is 0 Å². The predicted octanol–water partition coefficient (Wildman–Crippen LogP) is 0.157. The van der Waals surface area contributed by atoms with Gasteiger partial charge in [0, 0.05) is 0 Å². The van der Waals surface area contributed by atoms with Crippen molar-refractivity contribution in [2.75, 3.05) is 26.1 Å². The summed E-state index contributed by atoms with van der Waals surface area (Å²) in [6, 6.07) is 4.09. The molecule has 1 amide bonds. The van der Waals surface area contributed by atoms with Gasteiger partial charge in [-0.2, -0.15) is 0 Å². The molecule has 102 valence electrons. The molecule has 0 aliphatic rings. The first-order chi connectivity index (χ1) is 9.03. The Kier molecular flexibility index (Phi) is 5.01. The Morgan fingerprint density at radius 3 is 2.32 bits per heavy atom. The summed E-state index contributed by atoms with van der Waals surface area (Å²) in [5.41, 5.74) is 5.65. The van der Waals surface area contributed by atoms with Crippen LogP contribution in [0.25, 0.3) is 0 Å². The van der Waals surface area contributed by atoms with E-state index in [1.54, 1.807) is 0 Å². The Balaban J connectivity index is 3.21. The molecule has 0 aromatic heterocycles. The number of carbonyl (C=O) groups excluding carboxylic acids is 3. The van der Waals surface area contributed by atoms with Crippen LogP contribution in [0.2, 0.25) is 0 Å². The van der Waals surface area contributed by atoms with E-state index in [4.69, 9.17) is 5.73 Å². The number of anilines is 1. The summed E-state index contributed by atoms with van der Waals surface area (Å²) in [5.74, 6) is -1.71.